The van der Waals surface area contributed by atoms with E-state index in [0.717, 1.165) is 37.3 Å². The maximum absolute atomic E-state index is 12.1. The smallest absolute Gasteiger partial charge is 0.222 e. The second kappa shape index (κ2) is 4.21. The van der Waals surface area contributed by atoms with Crippen LogP contribution in [0.2, 0.25) is 0 Å². The minimum atomic E-state index is 0.367. The molecule has 0 aromatic rings. The van der Waals surface area contributed by atoms with Crippen LogP contribution in [0.15, 0.2) is 0 Å². The summed E-state index contributed by atoms with van der Waals surface area (Å²) >= 11 is 0. The molecule has 19 heavy (non-hydrogen) atoms. The van der Waals surface area contributed by atoms with Crippen LogP contribution in [0.25, 0.3) is 0 Å². The van der Waals surface area contributed by atoms with Crippen LogP contribution in [-0.4, -0.2) is 30.4 Å². The van der Waals surface area contributed by atoms with E-state index in [0.29, 0.717) is 23.8 Å². The first-order valence-corrected chi connectivity index (χ1v) is 8.16. The summed E-state index contributed by atoms with van der Waals surface area (Å²) in [5, 5.41) is 0. The predicted molar refractivity (Wildman–Crippen MR) is 74.3 cm³/mol. The first kappa shape index (κ1) is 12.2. The van der Waals surface area contributed by atoms with Crippen LogP contribution in [0.4, 0.5) is 0 Å². The molecular weight excluding hydrogens is 236 g/mol. The standard InChI is InChI=1S/C16H26N2O/c17-1-2-18-10-14(6-15(18)19)16-7-11-3-12(8-16)5-13(4-11)9-16/h11-14H,1-10,17H2. The Labute approximate surface area is 115 Å². The number of carbonyl (C=O) groups is 1. The average Bonchev–Trinajstić information content (AvgIpc) is 2.70. The Balaban J connectivity index is 1.54. The second-order valence-electron chi connectivity index (χ2n) is 7.81. The van der Waals surface area contributed by atoms with Crippen molar-refractivity contribution in [2.45, 2.75) is 44.9 Å². The van der Waals surface area contributed by atoms with E-state index in [1.165, 1.54) is 38.5 Å². The zero-order valence-corrected chi connectivity index (χ0v) is 11.8. The molecule has 5 rings (SSSR count). The van der Waals surface area contributed by atoms with Gasteiger partial charge in [-0.1, -0.05) is 0 Å². The van der Waals surface area contributed by atoms with Crippen molar-refractivity contribution >= 4 is 5.91 Å². The Morgan fingerprint density at radius 3 is 2.21 bits per heavy atom. The number of nitrogens with zero attached hydrogens (tertiary/aromatic N) is 1. The van der Waals surface area contributed by atoms with E-state index >= 15 is 0 Å². The number of hydrogen-bond acceptors (Lipinski definition) is 2. The lowest BCUT2D eigenvalue weighted by Gasteiger charge is -2.59. The number of rotatable bonds is 3. The molecule has 4 aliphatic carbocycles. The molecule has 2 N–H and O–H groups in total. The molecule has 0 spiro atoms. The fraction of sp³-hybridized carbons (Fsp3) is 0.938. The Bertz CT molecular complexity index is 357. The normalized spacial score (nSPS) is 48.3. The summed E-state index contributed by atoms with van der Waals surface area (Å²) in [5.41, 5.74) is 6.16. The summed E-state index contributed by atoms with van der Waals surface area (Å²) in [6.07, 6.45) is 9.56. The minimum absolute atomic E-state index is 0.367. The maximum atomic E-state index is 12.1. The molecule has 3 heteroatoms. The molecule has 4 bridgehead atoms. The molecule has 1 saturated heterocycles. The number of likely N-dealkylation sites (tertiary alicyclic amines) is 1. The Kier molecular flexibility index (Phi) is 2.70. The maximum Gasteiger partial charge on any atom is 0.222 e. The van der Waals surface area contributed by atoms with Crippen LogP contribution in [0, 0.1) is 29.1 Å². The highest BCUT2D eigenvalue weighted by Gasteiger charge is 2.55. The molecule has 1 unspecified atom stereocenters. The largest absolute Gasteiger partial charge is 0.341 e. The Hall–Kier alpha value is -0.570. The molecule has 5 fully saturated rings. The number of carbonyl (C=O) groups excluding carboxylic acids is 1. The lowest BCUT2D eigenvalue weighted by molar-refractivity contribution is -0.128. The lowest BCUT2D eigenvalue weighted by atomic mass is 9.46. The van der Waals surface area contributed by atoms with Crippen molar-refractivity contribution in [3.63, 3.8) is 0 Å². The zero-order valence-electron chi connectivity index (χ0n) is 11.8. The SMILES string of the molecule is NCCN1CC(C23CC4CC(CC(C4)C2)C3)CC1=O. The molecule has 1 heterocycles. The highest BCUT2D eigenvalue weighted by atomic mass is 16.2. The summed E-state index contributed by atoms with van der Waals surface area (Å²) in [6.45, 7) is 2.38. The first-order chi connectivity index (χ1) is 9.18. The van der Waals surface area contributed by atoms with Crippen molar-refractivity contribution in [1.82, 2.24) is 4.90 Å². The van der Waals surface area contributed by atoms with Gasteiger partial charge < -0.3 is 10.6 Å². The van der Waals surface area contributed by atoms with Crippen LogP contribution < -0.4 is 5.73 Å². The van der Waals surface area contributed by atoms with E-state index in [2.05, 4.69) is 0 Å². The van der Waals surface area contributed by atoms with Gasteiger partial charge in [-0.2, -0.15) is 0 Å². The van der Waals surface area contributed by atoms with Gasteiger partial charge in [0.05, 0.1) is 0 Å². The van der Waals surface area contributed by atoms with Gasteiger partial charge in [0.2, 0.25) is 5.91 Å². The third kappa shape index (κ3) is 1.84. The lowest BCUT2D eigenvalue weighted by Crippen LogP contribution is -2.50. The topological polar surface area (TPSA) is 46.3 Å². The summed E-state index contributed by atoms with van der Waals surface area (Å²) in [7, 11) is 0. The minimum Gasteiger partial charge on any atom is -0.341 e. The van der Waals surface area contributed by atoms with Crippen LogP contribution in [-0.2, 0) is 4.79 Å². The van der Waals surface area contributed by atoms with Crippen molar-refractivity contribution in [3.05, 3.63) is 0 Å². The van der Waals surface area contributed by atoms with E-state index in [9.17, 15) is 4.79 Å². The number of amides is 1. The van der Waals surface area contributed by atoms with Crippen molar-refractivity contribution in [1.29, 1.82) is 0 Å². The number of nitrogens with two attached hydrogens (primary N) is 1. The molecule has 4 saturated carbocycles. The van der Waals surface area contributed by atoms with Crippen LogP contribution in [0.5, 0.6) is 0 Å². The van der Waals surface area contributed by atoms with E-state index < -0.39 is 0 Å². The molecule has 106 valence electrons. The van der Waals surface area contributed by atoms with Gasteiger partial charge in [-0.3, -0.25) is 4.79 Å². The molecule has 1 amide bonds. The summed E-state index contributed by atoms with van der Waals surface area (Å²) in [6, 6.07) is 0. The molecule has 5 aliphatic rings. The van der Waals surface area contributed by atoms with Crippen molar-refractivity contribution in [2.75, 3.05) is 19.6 Å². The van der Waals surface area contributed by atoms with E-state index in [1.807, 2.05) is 4.90 Å². The molecular formula is C16H26N2O. The van der Waals surface area contributed by atoms with Crippen molar-refractivity contribution in [3.8, 4) is 0 Å². The average molecular weight is 262 g/mol. The van der Waals surface area contributed by atoms with Gasteiger partial charge in [-0.05, 0) is 67.6 Å². The quantitative estimate of drug-likeness (QED) is 0.845. The third-order valence-electron chi connectivity index (χ3n) is 6.57. The van der Waals surface area contributed by atoms with Gasteiger partial charge >= 0.3 is 0 Å². The van der Waals surface area contributed by atoms with E-state index in [1.54, 1.807) is 0 Å². The third-order valence-corrected chi connectivity index (χ3v) is 6.57. The van der Waals surface area contributed by atoms with Crippen molar-refractivity contribution < 1.29 is 4.79 Å². The molecule has 0 aromatic carbocycles. The monoisotopic (exact) mass is 262 g/mol. The van der Waals surface area contributed by atoms with Gasteiger partial charge in [-0.15, -0.1) is 0 Å². The summed E-state index contributed by atoms with van der Waals surface area (Å²) < 4.78 is 0. The predicted octanol–water partition coefficient (Wildman–Crippen LogP) is 2.01. The van der Waals surface area contributed by atoms with Crippen molar-refractivity contribution in [2.24, 2.45) is 34.8 Å². The molecule has 3 nitrogen and oxygen atoms in total. The fourth-order valence-corrected chi connectivity index (χ4v) is 6.23. The first-order valence-electron chi connectivity index (χ1n) is 8.16. The summed E-state index contributed by atoms with van der Waals surface area (Å²) in [4.78, 5) is 14.2. The van der Waals surface area contributed by atoms with E-state index in [-0.39, 0.29) is 0 Å². The van der Waals surface area contributed by atoms with Gasteiger partial charge in [-0.25, -0.2) is 0 Å². The van der Waals surface area contributed by atoms with Gasteiger partial charge in [0.25, 0.3) is 0 Å². The van der Waals surface area contributed by atoms with Crippen LogP contribution in [0.1, 0.15) is 44.9 Å². The highest BCUT2D eigenvalue weighted by molar-refractivity contribution is 5.78. The second-order valence-corrected chi connectivity index (χ2v) is 7.81. The molecule has 0 radical (unpaired) electrons. The Morgan fingerprint density at radius 1 is 1.11 bits per heavy atom. The molecule has 0 aromatic heterocycles. The zero-order chi connectivity index (χ0) is 13.0. The Morgan fingerprint density at radius 2 is 1.68 bits per heavy atom. The van der Waals surface area contributed by atoms with Gasteiger partial charge in [0.1, 0.15) is 0 Å². The van der Waals surface area contributed by atoms with Crippen LogP contribution in [0.3, 0.4) is 0 Å². The highest BCUT2D eigenvalue weighted by Crippen LogP contribution is 2.63. The van der Waals surface area contributed by atoms with Crippen LogP contribution >= 0.6 is 0 Å². The fourth-order valence-electron chi connectivity index (χ4n) is 6.23. The molecule has 1 atom stereocenters. The summed E-state index contributed by atoms with van der Waals surface area (Å²) in [5.74, 6) is 3.98. The number of hydrogen-bond donors (Lipinski definition) is 1. The van der Waals surface area contributed by atoms with Gasteiger partial charge in [0.15, 0.2) is 0 Å². The van der Waals surface area contributed by atoms with Gasteiger partial charge in [0, 0.05) is 26.1 Å². The van der Waals surface area contributed by atoms with E-state index in [4.69, 9.17) is 5.73 Å². The molecule has 1 aliphatic heterocycles.